The van der Waals surface area contributed by atoms with Crippen molar-refractivity contribution in [2.24, 2.45) is 5.92 Å². The molecule has 1 aromatic heterocycles. The molecule has 0 saturated carbocycles. The van der Waals surface area contributed by atoms with Crippen molar-refractivity contribution < 1.29 is 19.1 Å². The van der Waals surface area contributed by atoms with Gasteiger partial charge in [0.2, 0.25) is 11.8 Å². The van der Waals surface area contributed by atoms with Crippen LogP contribution >= 0.6 is 11.3 Å². The average Bonchev–Trinajstić information content (AvgIpc) is 3.04. The maximum Gasteiger partial charge on any atom is 0.409 e. The van der Waals surface area contributed by atoms with Crippen LogP contribution in [0.4, 0.5) is 9.93 Å². The van der Waals surface area contributed by atoms with Crippen LogP contribution in [-0.4, -0.2) is 90.0 Å². The highest BCUT2D eigenvalue weighted by atomic mass is 32.1. The minimum Gasteiger partial charge on any atom is -0.450 e. The van der Waals surface area contributed by atoms with Gasteiger partial charge in [0.25, 0.3) is 0 Å². The predicted molar refractivity (Wildman–Crippen MR) is 115 cm³/mol. The summed E-state index contributed by atoms with van der Waals surface area (Å²) in [5.74, 6) is -0.0836. The second-order valence-electron chi connectivity index (χ2n) is 7.79. The zero-order valence-corrected chi connectivity index (χ0v) is 18.8. The molecule has 0 radical (unpaired) electrons. The van der Waals surface area contributed by atoms with Gasteiger partial charge < -0.3 is 19.9 Å². The van der Waals surface area contributed by atoms with Gasteiger partial charge in [0, 0.05) is 37.6 Å². The minimum atomic E-state index is -0.315. The fraction of sp³-hybridized carbons (Fsp3) is 0.700. The lowest BCUT2D eigenvalue weighted by Crippen LogP contribution is -2.54. The lowest BCUT2D eigenvalue weighted by Gasteiger charge is -2.38. The highest BCUT2D eigenvalue weighted by Gasteiger charge is 2.32. The van der Waals surface area contributed by atoms with E-state index < -0.39 is 0 Å². The quantitative estimate of drug-likeness (QED) is 0.754. The van der Waals surface area contributed by atoms with E-state index in [0.717, 1.165) is 30.0 Å². The van der Waals surface area contributed by atoms with Gasteiger partial charge in [-0.25, -0.2) is 9.78 Å². The zero-order chi connectivity index (χ0) is 21.7. The molecule has 3 rings (SSSR count). The number of piperidine rings is 1. The predicted octanol–water partition coefficient (Wildman–Crippen LogP) is 1.71. The summed E-state index contributed by atoms with van der Waals surface area (Å²) < 4.78 is 5.03. The maximum absolute atomic E-state index is 13.0. The Labute approximate surface area is 181 Å². The Kier molecular flexibility index (Phi) is 7.65. The van der Waals surface area contributed by atoms with E-state index in [1.165, 1.54) is 11.3 Å². The summed E-state index contributed by atoms with van der Waals surface area (Å²) in [5.41, 5.74) is 0.932. The molecule has 0 bridgehead atoms. The molecular weight excluding hydrogens is 406 g/mol. The third-order valence-corrected chi connectivity index (χ3v) is 6.60. The number of hydrogen-bond donors (Lipinski definition) is 1. The SMILES string of the molecule is CCOC(=O)N1CCN(C(=O)C2CCCN(CC(=O)Nc3nc(C)c(C)s3)C2)CC1. The molecule has 1 aromatic rings. The Balaban J connectivity index is 1.46. The molecular formula is C20H31N5O4S. The summed E-state index contributed by atoms with van der Waals surface area (Å²) in [7, 11) is 0. The molecule has 3 amide bonds. The topological polar surface area (TPSA) is 95.1 Å². The molecule has 0 spiro atoms. The second kappa shape index (κ2) is 10.2. The van der Waals surface area contributed by atoms with Crippen molar-refractivity contribution in [2.75, 3.05) is 57.7 Å². The highest BCUT2D eigenvalue weighted by molar-refractivity contribution is 7.15. The number of aromatic nitrogens is 1. The number of ether oxygens (including phenoxy) is 1. The standard InChI is InChI=1S/C20H31N5O4S/c1-4-29-20(28)25-10-8-24(9-11-25)18(27)16-6-5-7-23(12-16)13-17(26)22-19-21-14(2)15(3)30-19/h16H,4-13H2,1-3H3,(H,21,22,26). The van der Waals surface area contributed by atoms with Crippen LogP contribution in [0, 0.1) is 19.8 Å². The Morgan fingerprint density at radius 2 is 1.83 bits per heavy atom. The first kappa shape index (κ1) is 22.5. The van der Waals surface area contributed by atoms with Crippen LogP contribution in [-0.2, 0) is 14.3 Å². The Morgan fingerprint density at radius 1 is 1.13 bits per heavy atom. The molecule has 1 atom stereocenters. The van der Waals surface area contributed by atoms with Gasteiger partial charge in [0.1, 0.15) is 0 Å². The van der Waals surface area contributed by atoms with Crippen molar-refractivity contribution in [1.29, 1.82) is 0 Å². The van der Waals surface area contributed by atoms with Crippen molar-refractivity contribution in [3.05, 3.63) is 10.6 Å². The number of rotatable bonds is 5. The Bertz CT molecular complexity index is 756. The van der Waals surface area contributed by atoms with E-state index in [9.17, 15) is 14.4 Å². The third-order valence-electron chi connectivity index (χ3n) is 5.61. The maximum atomic E-state index is 13.0. The first-order valence-corrected chi connectivity index (χ1v) is 11.4. The normalized spacial score (nSPS) is 20.2. The van der Waals surface area contributed by atoms with Crippen LogP contribution in [0.2, 0.25) is 0 Å². The first-order chi connectivity index (χ1) is 14.4. The average molecular weight is 438 g/mol. The fourth-order valence-corrected chi connectivity index (χ4v) is 4.70. The molecule has 2 fully saturated rings. The smallest absolute Gasteiger partial charge is 0.409 e. The van der Waals surface area contributed by atoms with Crippen LogP contribution in [0.3, 0.4) is 0 Å². The van der Waals surface area contributed by atoms with Crippen molar-refractivity contribution in [1.82, 2.24) is 19.7 Å². The number of amides is 3. The van der Waals surface area contributed by atoms with Gasteiger partial charge in [-0.05, 0) is 40.2 Å². The number of aryl methyl sites for hydroxylation is 2. The summed E-state index contributed by atoms with van der Waals surface area (Å²) in [6.45, 7) is 9.74. The Hall–Kier alpha value is -2.20. The molecule has 2 saturated heterocycles. The number of anilines is 1. The third kappa shape index (κ3) is 5.69. The molecule has 0 aliphatic carbocycles. The van der Waals surface area contributed by atoms with Crippen LogP contribution in [0.15, 0.2) is 0 Å². The first-order valence-electron chi connectivity index (χ1n) is 10.5. The van der Waals surface area contributed by atoms with Gasteiger partial charge in [-0.3, -0.25) is 14.5 Å². The van der Waals surface area contributed by atoms with E-state index in [1.54, 1.807) is 11.8 Å². The molecule has 1 unspecified atom stereocenters. The van der Waals surface area contributed by atoms with E-state index in [-0.39, 0.29) is 30.4 Å². The largest absolute Gasteiger partial charge is 0.450 e. The van der Waals surface area contributed by atoms with Gasteiger partial charge in [0.15, 0.2) is 5.13 Å². The zero-order valence-electron chi connectivity index (χ0n) is 18.0. The number of nitrogens with zero attached hydrogens (tertiary/aromatic N) is 4. The van der Waals surface area contributed by atoms with Gasteiger partial charge in [-0.2, -0.15) is 0 Å². The molecule has 10 heteroatoms. The van der Waals surface area contributed by atoms with Gasteiger partial charge in [0.05, 0.1) is 24.8 Å². The van der Waals surface area contributed by atoms with Gasteiger partial charge >= 0.3 is 6.09 Å². The number of likely N-dealkylation sites (tertiary alicyclic amines) is 1. The summed E-state index contributed by atoms with van der Waals surface area (Å²) >= 11 is 1.47. The van der Waals surface area contributed by atoms with Crippen molar-refractivity contribution in [3.8, 4) is 0 Å². The summed E-state index contributed by atoms with van der Waals surface area (Å²) in [6, 6.07) is 0. The number of piperazine rings is 1. The van der Waals surface area contributed by atoms with E-state index in [4.69, 9.17) is 4.74 Å². The van der Waals surface area contributed by atoms with Crippen molar-refractivity contribution >= 4 is 34.4 Å². The lowest BCUT2D eigenvalue weighted by molar-refractivity contribution is -0.139. The number of carbonyl (C=O) groups is 3. The number of thiazole rings is 1. The summed E-state index contributed by atoms with van der Waals surface area (Å²) in [6.07, 6.45) is 1.41. The number of nitrogens with one attached hydrogen (secondary N) is 1. The molecule has 0 aromatic carbocycles. The van der Waals surface area contributed by atoms with Crippen molar-refractivity contribution in [3.63, 3.8) is 0 Å². The molecule has 2 aliphatic rings. The van der Waals surface area contributed by atoms with Gasteiger partial charge in [-0.15, -0.1) is 11.3 Å². The number of carbonyl (C=O) groups excluding carboxylic acids is 3. The molecule has 2 aliphatic heterocycles. The van der Waals surface area contributed by atoms with E-state index >= 15 is 0 Å². The molecule has 1 N–H and O–H groups in total. The highest BCUT2D eigenvalue weighted by Crippen LogP contribution is 2.22. The molecule has 30 heavy (non-hydrogen) atoms. The lowest BCUT2D eigenvalue weighted by atomic mass is 9.96. The van der Waals surface area contributed by atoms with Gasteiger partial charge in [-0.1, -0.05) is 0 Å². The van der Waals surface area contributed by atoms with Crippen LogP contribution < -0.4 is 5.32 Å². The monoisotopic (exact) mass is 437 g/mol. The molecule has 9 nitrogen and oxygen atoms in total. The number of hydrogen-bond acceptors (Lipinski definition) is 7. The summed E-state index contributed by atoms with van der Waals surface area (Å²) in [5, 5.41) is 3.49. The minimum absolute atomic E-state index is 0.0973. The van der Waals surface area contributed by atoms with E-state index in [0.29, 0.717) is 44.5 Å². The van der Waals surface area contributed by atoms with E-state index in [2.05, 4.69) is 10.3 Å². The Morgan fingerprint density at radius 3 is 2.47 bits per heavy atom. The molecule has 3 heterocycles. The van der Waals surface area contributed by atoms with Crippen LogP contribution in [0.25, 0.3) is 0 Å². The fourth-order valence-electron chi connectivity index (χ4n) is 3.87. The van der Waals surface area contributed by atoms with Crippen LogP contribution in [0.1, 0.15) is 30.3 Å². The molecule has 166 valence electrons. The van der Waals surface area contributed by atoms with E-state index in [1.807, 2.05) is 23.6 Å². The van der Waals surface area contributed by atoms with Crippen LogP contribution in [0.5, 0.6) is 0 Å². The summed E-state index contributed by atoms with van der Waals surface area (Å²) in [4.78, 5) is 48.2. The van der Waals surface area contributed by atoms with Crippen molar-refractivity contribution in [2.45, 2.75) is 33.6 Å². The second-order valence-corrected chi connectivity index (χ2v) is 9.00.